The van der Waals surface area contributed by atoms with Crippen molar-refractivity contribution in [3.63, 3.8) is 0 Å². The molecule has 202 valence electrons. The van der Waals surface area contributed by atoms with Crippen molar-refractivity contribution >= 4 is 33.2 Å². The van der Waals surface area contributed by atoms with Crippen molar-refractivity contribution in [3.05, 3.63) is 83.9 Å². The molecule has 38 heavy (non-hydrogen) atoms. The largest absolute Gasteiger partial charge is 0.493 e. The van der Waals surface area contributed by atoms with Crippen LogP contribution in [0.15, 0.2) is 72.8 Å². The Labute approximate surface area is 223 Å². The van der Waals surface area contributed by atoms with Crippen LogP contribution in [0.4, 0.5) is 11.4 Å². The summed E-state index contributed by atoms with van der Waals surface area (Å²) in [7, 11) is -0.352. The van der Waals surface area contributed by atoms with Gasteiger partial charge in [-0.1, -0.05) is 36.4 Å². The first-order valence-corrected chi connectivity index (χ1v) is 14.0. The molecule has 10 heteroatoms. The first kappa shape index (κ1) is 28.5. The fraction of sp³-hybridized carbons (Fsp3) is 0.286. The number of carbonyl (C=O) groups is 2. The molecule has 0 radical (unpaired) electrons. The molecule has 3 aromatic rings. The van der Waals surface area contributed by atoms with Crippen LogP contribution in [-0.4, -0.2) is 53.8 Å². The highest BCUT2D eigenvalue weighted by molar-refractivity contribution is 7.92. The molecule has 0 unspecified atom stereocenters. The smallest absolute Gasteiger partial charge is 0.253 e. The maximum absolute atomic E-state index is 12.9. The highest BCUT2D eigenvalue weighted by Gasteiger charge is 2.18. The molecule has 0 saturated heterocycles. The number of carbonyl (C=O) groups excluding carboxylic acids is 2. The van der Waals surface area contributed by atoms with Crippen molar-refractivity contribution in [3.8, 4) is 11.5 Å². The number of anilines is 2. The number of hydrogen-bond acceptors (Lipinski definition) is 6. The Morgan fingerprint density at radius 3 is 2.26 bits per heavy atom. The maximum atomic E-state index is 12.9. The number of benzene rings is 3. The van der Waals surface area contributed by atoms with Crippen LogP contribution in [0.3, 0.4) is 0 Å². The van der Waals surface area contributed by atoms with Gasteiger partial charge in [0.1, 0.15) is 0 Å². The first-order valence-electron chi connectivity index (χ1n) is 12.1. The molecule has 0 aliphatic heterocycles. The molecule has 3 rings (SSSR count). The SMILES string of the molecule is COc1ccc(CCNC(=O)c2ccccc2NC(=O)CCCN(c2ccccc2)S(C)(=O)=O)cc1OC. The van der Waals surface area contributed by atoms with Gasteiger partial charge in [-0.15, -0.1) is 0 Å². The molecule has 0 atom stereocenters. The van der Waals surface area contributed by atoms with Crippen molar-refractivity contribution in [2.75, 3.05) is 43.2 Å². The van der Waals surface area contributed by atoms with Crippen molar-refractivity contribution in [1.29, 1.82) is 0 Å². The van der Waals surface area contributed by atoms with Gasteiger partial charge in [-0.3, -0.25) is 13.9 Å². The lowest BCUT2D eigenvalue weighted by Gasteiger charge is -2.22. The number of ether oxygens (including phenoxy) is 2. The van der Waals surface area contributed by atoms with Crippen molar-refractivity contribution in [2.24, 2.45) is 0 Å². The summed E-state index contributed by atoms with van der Waals surface area (Å²) in [5.74, 6) is 0.632. The van der Waals surface area contributed by atoms with Crippen molar-refractivity contribution in [1.82, 2.24) is 5.32 Å². The minimum Gasteiger partial charge on any atom is -0.493 e. The fourth-order valence-electron chi connectivity index (χ4n) is 3.92. The van der Waals surface area contributed by atoms with Gasteiger partial charge in [0.05, 0.1) is 37.4 Å². The Balaban J connectivity index is 1.55. The third kappa shape index (κ3) is 7.97. The Hall–Kier alpha value is -4.05. The molecule has 3 aromatic carbocycles. The highest BCUT2D eigenvalue weighted by atomic mass is 32.2. The fourth-order valence-corrected chi connectivity index (χ4v) is 4.88. The number of sulfonamides is 1. The van der Waals surface area contributed by atoms with E-state index in [1.54, 1.807) is 68.8 Å². The number of rotatable bonds is 13. The third-order valence-corrected chi connectivity index (χ3v) is 7.00. The van der Waals surface area contributed by atoms with Gasteiger partial charge >= 0.3 is 0 Å². The van der Waals surface area contributed by atoms with Crippen LogP contribution in [0.1, 0.15) is 28.8 Å². The van der Waals surface area contributed by atoms with Gasteiger partial charge in [0.2, 0.25) is 15.9 Å². The second-order valence-corrected chi connectivity index (χ2v) is 10.5. The molecule has 0 aliphatic rings. The summed E-state index contributed by atoms with van der Waals surface area (Å²) in [5, 5.41) is 5.67. The second-order valence-electron chi connectivity index (χ2n) is 8.56. The maximum Gasteiger partial charge on any atom is 0.253 e. The van der Waals surface area contributed by atoms with E-state index in [1.165, 1.54) is 4.31 Å². The molecule has 0 saturated carbocycles. The van der Waals surface area contributed by atoms with Crippen LogP contribution in [0, 0.1) is 0 Å². The zero-order valence-electron chi connectivity index (χ0n) is 21.8. The van der Waals surface area contributed by atoms with Crippen LogP contribution < -0.4 is 24.4 Å². The van der Waals surface area contributed by atoms with Crippen molar-refractivity contribution < 1.29 is 27.5 Å². The summed E-state index contributed by atoms with van der Waals surface area (Å²) in [5.41, 5.74) is 2.26. The van der Waals surface area contributed by atoms with E-state index >= 15 is 0 Å². The summed E-state index contributed by atoms with van der Waals surface area (Å²) < 4.78 is 36.3. The van der Waals surface area contributed by atoms with E-state index in [4.69, 9.17) is 9.47 Å². The van der Waals surface area contributed by atoms with Gasteiger partial charge in [0.25, 0.3) is 5.91 Å². The number of nitrogens with one attached hydrogen (secondary N) is 2. The van der Waals surface area contributed by atoms with Crippen LogP contribution >= 0.6 is 0 Å². The van der Waals surface area contributed by atoms with Gasteiger partial charge < -0.3 is 20.1 Å². The van der Waals surface area contributed by atoms with Gasteiger partial charge in [-0.25, -0.2) is 8.42 Å². The van der Waals surface area contributed by atoms with Crippen molar-refractivity contribution in [2.45, 2.75) is 19.3 Å². The molecule has 0 spiro atoms. The summed E-state index contributed by atoms with van der Waals surface area (Å²) in [4.78, 5) is 25.5. The van der Waals surface area contributed by atoms with Gasteiger partial charge in [-0.2, -0.15) is 0 Å². The summed E-state index contributed by atoms with van der Waals surface area (Å²) >= 11 is 0. The number of para-hydroxylation sites is 2. The standard InChI is InChI=1S/C28H33N3O6S/c1-36-25-16-15-21(20-26(25)37-2)17-18-29-28(33)23-12-7-8-13-24(23)30-27(32)14-9-19-31(38(3,34)35)22-10-5-4-6-11-22/h4-8,10-13,15-16,20H,9,14,17-19H2,1-3H3,(H,29,33)(H,30,32). The van der Waals surface area contributed by atoms with Crippen LogP contribution in [0.5, 0.6) is 11.5 Å². The third-order valence-electron chi connectivity index (χ3n) is 5.80. The molecule has 9 nitrogen and oxygen atoms in total. The number of nitrogens with zero attached hydrogens (tertiary/aromatic N) is 1. The Kier molecular flexibility index (Phi) is 10.1. The monoisotopic (exact) mass is 539 g/mol. The highest BCUT2D eigenvalue weighted by Crippen LogP contribution is 2.27. The second kappa shape index (κ2) is 13.5. The summed E-state index contributed by atoms with van der Waals surface area (Å²) in [6.07, 6.45) is 2.13. The lowest BCUT2D eigenvalue weighted by Crippen LogP contribution is -2.31. The molecule has 2 N–H and O–H groups in total. The topological polar surface area (TPSA) is 114 Å². The Morgan fingerprint density at radius 1 is 0.895 bits per heavy atom. The number of methoxy groups -OCH3 is 2. The lowest BCUT2D eigenvalue weighted by atomic mass is 10.1. The predicted molar refractivity (Wildman–Crippen MR) is 149 cm³/mol. The van der Waals surface area contributed by atoms with E-state index in [1.807, 2.05) is 18.2 Å². The van der Waals surface area contributed by atoms with E-state index < -0.39 is 10.0 Å². The summed E-state index contributed by atoms with van der Waals surface area (Å²) in [6, 6.07) is 21.1. The van der Waals surface area contributed by atoms with E-state index in [-0.39, 0.29) is 24.8 Å². The molecule has 2 amide bonds. The summed E-state index contributed by atoms with van der Waals surface area (Å²) in [6.45, 7) is 0.548. The van der Waals surface area contributed by atoms with Crippen LogP contribution in [0.2, 0.25) is 0 Å². The molecular weight excluding hydrogens is 506 g/mol. The van der Waals surface area contributed by atoms with E-state index in [0.29, 0.717) is 47.8 Å². The van der Waals surface area contributed by atoms with E-state index in [9.17, 15) is 18.0 Å². The average molecular weight is 540 g/mol. The van der Waals surface area contributed by atoms with E-state index in [0.717, 1.165) is 11.8 Å². The molecule has 0 fully saturated rings. The molecular formula is C28H33N3O6S. The molecule has 0 bridgehead atoms. The molecule has 0 aliphatic carbocycles. The molecule has 0 heterocycles. The van der Waals surface area contributed by atoms with Gasteiger partial charge in [-0.05, 0) is 54.8 Å². The average Bonchev–Trinajstić information content (AvgIpc) is 2.91. The number of amides is 2. The Morgan fingerprint density at radius 2 is 1.58 bits per heavy atom. The van der Waals surface area contributed by atoms with Gasteiger partial charge in [0.15, 0.2) is 11.5 Å². The predicted octanol–water partition coefficient (Wildman–Crippen LogP) is 3.86. The Bertz CT molecular complexity index is 1350. The minimum absolute atomic E-state index is 0.0914. The minimum atomic E-state index is -3.49. The zero-order valence-corrected chi connectivity index (χ0v) is 22.6. The van der Waals surface area contributed by atoms with Crippen LogP contribution in [-0.2, 0) is 21.2 Å². The van der Waals surface area contributed by atoms with Crippen LogP contribution in [0.25, 0.3) is 0 Å². The quantitative estimate of drug-likeness (QED) is 0.341. The molecule has 0 aromatic heterocycles. The lowest BCUT2D eigenvalue weighted by molar-refractivity contribution is -0.116. The van der Waals surface area contributed by atoms with E-state index in [2.05, 4.69) is 10.6 Å². The number of hydrogen-bond donors (Lipinski definition) is 2. The normalized spacial score (nSPS) is 10.9. The first-order chi connectivity index (χ1) is 18.2. The zero-order chi connectivity index (χ0) is 27.5. The van der Waals surface area contributed by atoms with Gasteiger partial charge in [0, 0.05) is 19.5 Å².